The van der Waals surface area contributed by atoms with E-state index in [-0.39, 0.29) is 25.9 Å². The summed E-state index contributed by atoms with van der Waals surface area (Å²) in [6.07, 6.45) is 47.2. The van der Waals surface area contributed by atoms with Crippen LogP contribution in [0.3, 0.4) is 0 Å². The van der Waals surface area contributed by atoms with E-state index in [4.69, 9.17) is 23.7 Å². The first-order chi connectivity index (χ1) is 36.6. The van der Waals surface area contributed by atoms with Gasteiger partial charge in [0.25, 0.3) is 0 Å². The number of hydrogen-bond donors (Lipinski definition) is 3. The van der Waals surface area contributed by atoms with Gasteiger partial charge in [-0.1, -0.05) is 263 Å². The molecular weight excluding hydrogens is 949 g/mol. The third kappa shape index (κ3) is 41.9. The molecule has 1 aliphatic heterocycles. The second-order valence-electron chi connectivity index (χ2n) is 21.7. The summed E-state index contributed by atoms with van der Waals surface area (Å²) in [5.41, 5.74) is 0. The Morgan fingerprint density at radius 1 is 0.440 bits per heavy atom. The molecular formula is C63H114O12. The quantitative estimate of drug-likeness (QED) is 0.0228. The van der Waals surface area contributed by atoms with Crippen LogP contribution in [0.1, 0.15) is 303 Å². The molecule has 0 spiro atoms. The van der Waals surface area contributed by atoms with Crippen LogP contribution < -0.4 is 0 Å². The fourth-order valence-corrected chi connectivity index (χ4v) is 9.70. The van der Waals surface area contributed by atoms with Crippen molar-refractivity contribution in [2.24, 2.45) is 0 Å². The van der Waals surface area contributed by atoms with Crippen molar-refractivity contribution in [3.8, 4) is 0 Å². The Labute approximate surface area is 458 Å². The largest absolute Gasteiger partial charge is 0.479 e. The van der Waals surface area contributed by atoms with Gasteiger partial charge in [-0.15, -0.1) is 0 Å². The summed E-state index contributed by atoms with van der Waals surface area (Å²) in [5, 5.41) is 31.5. The molecule has 1 heterocycles. The second-order valence-corrected chi connectivity index (χ2v) is 21.7. The molecule has 6 atom stereocenters. The number of ether oxygens (including phenoxy) is 5. The van der Waals surface area contributed by atoms with Gasteiger partial charge < -0.3 is 39.0 Å². The lowest BCUT2D eigenvalue weighted by molar-refractivity contribution is -0.301. The molecule has 1 fully saturated rings. The number of carboxylic acid groups (broad SMARTS) is 1. The highest BCUT2D eigenvalue weighted by atomic mass is 16.7. The molecule has 12 nitrogen and oxygen atoms in total. The van der Waals surface area contributed by atoms with Crippen LogP contribution in [0, 0.1) is 0 Å². The van der Waals surface area contributed by atoms with Crippen LogP contribution in [0.5, 0.6) is 0 Å². The minimum absolute atomic E-state index is 0.0654. The van der Waals surface area contributed by atoms with Gasteiger partial charge in [0, 0.05) is 19.3 Å². The van der Waals surface area contributed by atoms with E-state index in [1.807, 2.05) is 0 Å². The predicted molar refractivity (Wildman–Crippen MR) is 303 cm³/mol. The van der Waals surface area contributed by atoms with Crippen molar-refractivity contribution in [3.05, 3.63) is 24.3 Å². The van der Waals surface area contributed by atoms with E-state index in [1.165, 1.54) is 148 Å². The molecule has 3 N–H and O–H groups in total. The first kappa shape index (κ1) is 70.2. The number of aliphatic carboxylic acids is 1. The fraction of sp³-hybridized carbons (Fsp3) is 0.873. The Balaban J connectivity index is 2.63. The number of esters is 3. The van der Waals surface area contributed by atoms with Gasteiger partial charge in [-0.25, -0.2) is 4.79 Å². The molecule has 0 aromatic carbocycles. The number of carboxylic acids is 1. The summed E-state index contributed by atoms with van der Waals surface area (Å²) >= 11 is 0. The van der Waals surface area contributed by atoms with E-state index < -0.39 is 67.3 Å². The molecule has 0 amide bonds. The van der Waals surface area contributed by atoms with Crippen LogP contribution in [0.15, 0.2) is 24.3 Å². The molecule has 0 aromatic rings. The van der Waals surface area contributed by atoms with Crippen molar-refractivity contribution in [2.75, 3.05) is 13.2 Å². The maximum Gasteiger partial charge on any atom is 0.335 e. The maximum absolute atomic E-state index is 13.1. The number of rotatable bonds is 54. The van der Waals surface area contributed by atoms with E-state index >= 15 is 0 Å². The average molecular weight is 1060 g/mol. The van der Waals surface area contributed by atoms with Crippen LogP contribution in [0.2, 0.25) is 0 Å². The van der Waals surface area contributed by atoms with E-state index in [0.717, 1.165) is 96.3 Å². The van der Waals surface area contributed by atoms with Crippen LogP contribution >= 0.6 is 0 Å². The highest BCUT2D eigenvalue weighted by Gasteiger charge is 2.50. The van der Waals surface area contributed by atoms with E-state index in [0.29, 0.717) is 19.3 Å². The summed E-state index contributed by atoms with van der Waals surface area (Å²) in [5.74, 6) is -3.10. The highest BCUT2D eigenvalue weighted by Crippen LogP contribution is 2.27. The van der Waals surface area contributed by atoms with E-state index in [9.17, 15) is 34.5 Å². The third-order valence-electron chi connectivity index (χ3n) is 14.5. The lowest BCUT2D eigenvalue weighted by Gasteiger charge is -2.40. The van der Waals surface area contributed by atoms with Gasteiger partial charge in [-0.2, -0.15) is 0 Å². The van der Waals surface area contributed by atoms with Gasteiger partial charge in [0.05, 0.1) is 6.61 Å². The number of aliphatic hydroxyl groups excluding tert-OH is 2. The molecule has 12 heteroatoms. The molecule has 1 saturated heterocycles. The van der Waals surface area contributed by atoms with E-state index in [1.54, 1.807) is 0 Å². The zero-order chi connectivity index (χ0) is 54.7. The third-order valence-corrected chi connectivity index (χ3v) is 14.5. The molecule has 75 heavy (non-hydrogen) atoms. The number of unbranched alkanes of at least 4 members (excludes halogenated alkanes) is 36. The van der Waals surface area contributed by atoms with Crippen LogP contribution in [-0.2, 0) is 42.9 Å². The second kappa shape index (κ2) is 51.9. The zero-order valence-corrected chi connectivity index (χ0v) is 48.3. The molecule has 6 unspecified atom stereocenters. The van der Waals surface area contributed by atoms with Gasteiger partial charge >= 0.3 is 23.9 Å². The minimum Gasteiger partial charge on any atom is -0.479 e. The Kier molecular flexibility index (Phi) is 48.6. The first-order valence-electron chi connectivity index (χ1n) is 31.3. The van der Waals surface area contributed by atoms with Crippen LogP contribution in [0.4, 0.5) is 0 Å². The van der Waals surface area contributed by atoms with Gasteiger partial charge in [0.2, 0.25) is 0 Å². The number of carbonyl (C=O) groups excluding carboxylic acids is 3. The standard InChI is InChI=1S/C63H114O12/c1-4-7-10-13-16-19-22-25-26-27-28-29-30-33-34-37-40-43-46-49-55(64)71-52-54(73-56(65)50-47-44-41-38-35-31-23-20-17-14-11-8-5-2)53-72-63-61(59(68)58(67)60(75-63)62(69)70)74-57(66)51-48-45-42-39-36-32-24-21-18-15-12-9-6-3/h11,14,20,23,54,58-61,63,67-68H,4-10,12-13,15-19,21-22,24-53H2,1-3H3,(H,69,70)/b14-11-,23-20-. The molecule has 0 bridgehead atoms. The maximum atomic E-state index is 13.1. The van der Waals surface area contributed by atoms with Crippen LogP contribution in [0.25, 0.3) is 0 Å². The fourth-order valence-electron chi connectivity index (χ4n) is 9.70. The molecule has 0 saturated carbocycles. The number of hydrogen-bond acceptors (Lipinski definition) is 11. The van der Waals surface area contributed by atoms with Gasteiger partial charge in [-0.05, 0) is 44.9 Å². The molecule has 1 aliphatic rings. The summed E-state index contributed by atoms with van der Waals surface area (Å²) < 4.78 is 28.5. The molecule has 0 aliphatic carbocycles. The highest BCUT2D eigenvalue weighted by molar-refractivity contribution is 5.74. The van der Waals surface area contributed by atoms with Crippen molar-refractivity contribution < 1.29 is 58.2 Å². The van der Waals surface area contributed by atoms with Crippen molar-refractivity contribution in [1.82, 2.24) is 0 Å². The van der Waals surface area contributed by atoms with Gasteiger partial charge in [0.1, 0.15) is 18.8 Å². The smallest absolute Gasteiger partial charge is 0.335 e. The summed E-state index contributed by atoms with van der Waals surface area (Å²) in [4.78, 5) is 51.2. The molecule has 438 valence electrons. The Hall–Kier alpha value is -2.80. The SMILES string of the molecule is CCC/C=C\C/C=C\CCCCCCCC(=O)OC(COC(=O)CCCCCCCCCCCCCCCCCCCCC)COC1OC(C(=O)O)C(O)C(O)C1OC(=O)CCCCCCCCCCCCCCC. The first-order valence-corrected chi connectivity index (χ1v) is 31.3. The monoisotopic (exact) mass is 1060 g/mol. The lowest BCUT2D eigenvalue weighted by atomic mass is 9.98. The Bertz CT molecular complexity index is 1400. The van der Waals surface area contributed by atoms with Crippen molar-refractivity contribution in [1.29, 1.82) is 0 Å². The van der Waals surface area contributed by atoms with E-state index in [2.05, 4.69) is 45.1 Å². The molecule has 1 rings (SSSR count). The molecule has 0 aromatic heterocycles. The zero-order valence-electron chi connectivity index (χ0n) is 48.3. The van der Waals surface area contributed by atoms with Crippen molar-refractivity contribution >= 4 is 23.9 Å². The van der Waals surface area contributed by atoms with Crippen LogP contribution in [-0.4, -0.2) is 89.2 Å². The predicted octanol–water partition coefficient (Wildman–Crippen LogP) is 16.2. The van der Waals surface area contributed by atoms with Gasteiger partial charge in [-0.3, -0.25) is 14.4 Å². The number of aliphatic hydroxyl groups is 2. The number of carbonyl (C=O) groups is 4. The molecule has 0 radical (unpaired) electrons. The topological polar surface area (TPSA) is 175 Å². The van der Waals surface area contributed by atoms with Crippen molar-refractivity contribution in [3.63, 3.8) is 0 Å². The van der Waals surface area contributed by atoms with Crippen molar-refractivity contribution in [2.45, 2.75) is 340 Å². The average Bonchev–Trinajstić information content (AvgIpc) is 3.39. The summed E-state index contributed by atoms with van der Waals surface area (Å²) in [6, 6.07) is 0. The Morgan fingerprint density at radius 3 is 1.25 bits per heavy atom. The lowest BCUT2D eigenvalue weighted by Crippen LogP contribution is -2.61. The summed E-state index contributed by atoms with van der Waals surface area (Å²) in [7, 11) is 0. The van der Waals surface area contributed by atoms with Gasteiger partial charge in [0.15, 0.2) is 24.6 Å². The Morgan fingerprint density at radius 2 is 0.827 bits per heavy atom. The summed E-state index contributed by atoms with van der Waals surface area (Å²) in [6.45, 7) is 5.95. The minimum atomic E-state index is -1.90. The number of allylic oxidation sites excluding steroid dienone is 4. The normalized spacial score (nSPS) is 18.2.